The Balaban J connectivity index is 1.67. The van der Waals surface area contributed by atoms with E-state index in [9.17, 15) is 10.1 Å². The molecule has 0 saturated carbocycles. The number of fused-ring (bicyclic) bond motifs is 1. The van der Waals surface area contributed by atoms with Crippen LogP contribution >= 0.6 is 0 Å². The van der Waals surface area contributed by atoms with Gasteiger partial charge < -0.3 is 14.8 Å². The zero-order valence-corrected chi connectivity index (χ0v) is 13.2. The molecular formula is C18H20N2O3. The van der Waals surface area contributed by atoms with E-state index in [1.807, 2.05) is 31.2 Å². The lowest BCUT2D eigenvalue weighted by molar-refractivity contribution is -0.117. The van der Waals surface area contributed by atoms with Crippen LogP contribution in [0, 0.1) is 11.3 Å². The molecule has 1 aromatic rings. The minimum atomic E-state index is -0.354. The van der Waals surface area contributed by atoms with Crippen molar-refractivity contribution in [3.05, 3.63) is 34.9 Å². The first-order valence-corrected chi connectivity index (χ1v) is 7.97. The van der Waals surface area contributed by atoms with Crippen molar-refractivity contribution < 1.29 is 14.3 Å². The van der Waals surface area contributed by atoms with Crippen LogP contribution in [0.5, 0.6) is 5.75 Å². The van der Waals surface area contributed by atoms with Crippen LogP contribution in [-0.2, 0) is 16.0 Å². The van der Waals surface area contributed by atoms with Gasteiger partial charge in [0.2, 0.25) is 0 Å². The maximum absolute atomic E-state index is 12.1. The van der Waals surface area contributed by atoms with E-state index in [0.717, 1.165) is 42.7 Å². The van der Waals surface area contributed by atoms with Gasteiger partial charge in [0.25, 0.3) is 5.91 Å². The topological polar surface area (TPSA) is 71.4 Å². The van der Waals surface area contributed by atoms with Crippen LogP contribution in [0.25, 0.3) is 6.08 Å². The Morgan fingerprint density at radius 1 is 1.52 bits per heavy atom. The largest absolute Gasteiger partial charge is 0.490 e. The van der Waals surface area contributed by atoms with Gasteiger partial charge in [0.05, 0.1) is 6.10 Å². The average Bonchev–Trinajstić information content (AvgIpc) is 3.18. The van der Waals surface area contributed by atoms with Gasteiger partial charge in [0.15, 0.2) is 0 Å². The summed E-state index contributed by atoms with van der Waals surface area (Å²) < 4.78 is 11.1. The Labute approximate surface area is 135 Å². The minimum absolute atomic E-state index is 0.0672. The molecule has 5 heteroatoms. The van der Waals surface area contributed by atoms with E-state index in [1.165, 1.54) is 0 Å². The third-order valence-corrected chi connectivity index (χ3v) is 4.11. The molecule has 0 unspecified atom stereocenters. The van der Waals surface area contributed by atoms with Crippen molar-refractivity contribution in [2.24, 2.45) is 0 Å². The van der Waals surface area contributed by atoms with E-state index in [2.05, 4.69) is 5.32 Å². The Bertz CT molecular complexity index is 669. The maximum Gasteiger partial charge on any atom is 0.262 e. The highest BCUT2D eigenvalue weighted by Crippen LogP contribution is 2.29. The van der Waals surface area contributed by atoms with E-state index in [1.54, 1.807) is 6.08 Å². The fourth-order valence-electron chi connectivity index (χ4n) is 2.95. The molecule has 1 amide bonds. The molecule has 2 aliphatic heterocycles. The normalized spacial score (nSPS) is 23.0. The second-order valence-corrected chi connectivity index (χ2v) is 6.01. The molecule has 0 bridgehead atoms. The summed E-state index contributed by atoms with van der Waals surface area (Å²) in [6.07, 6.45) is 4.69. The van der Waals surface area contributed by atoms with Gasteiger partial charge in [-0.15, -0.1) is 0 Å². The van der Waals surface area contributed by atoms with Crippen LogP contribution < -0.4 is 10.1 Å². The van der Waals surface area contributed by atoms with Gasteiger partial charge in [-0.3, -0.25) is 4.79 Å². The van der Waals surface area contributed by atoms with Gasteiger partial charge in [-0.05, 0) is 49.1 Å². The lowest BCUT2D eigenvalue weighted by atomic mass is 10.0. The second-order valence-electron chi connectivity index (χ2n) is 6.01. The summed E-state index contributed by atoms with van der Waals surface area (Å²) in [5.74, 6) is 0.532. The third-order valence-electron chi connectivity index (χ3n) is 4.11. The van der Waals surface area contributed by atoms with E-state index >= 15 is 0 Å². The highest BCUT2D eigenvalue weighted by molar-refractivity contribution is 6.01. The Kier molecular flexibility index (Phi) is 4.63. The van der Waals surface area contributed by atoms with Crippen molar-refractivity contribution in [3.63, 3.8) is 0 Å². The summed E-state index contributed by atoms with van der Waals surface area (Å²) in [5, 5.41) is 12.0. The summed E-state index contributed by atoms with van der Waals surface area (Å²) in [6, 6.07) is 7.71. The smallest absolute Gasteiger partial charge is 0.262 e. The molecule has 1 fully saturated rings. The molecule has 0 aliphatic carbocycles. The fourth-order valence-corrected chi connectivity index (χ4v) is 2.95. The monoisotopic (exact) mass is 312 g/mol. The number of ether oxygens (including phenoxy) is 2. The molecule has 120 valence electrons. The predicted octanol–water partition coefficient (Wildman–Crippen LogP) is 2.21. The summed E-state index contributed by atoms with van der Waals surface area (Å²) in [7, 11) is 0. The predicted molar refractivity (Wildman–Crippen MR) is 85.8 cm³/mol. The van der Waals surface area contributed by atoms with E-state index < -0.39 is 0 Å². The molecule has 1 saturated heterocycles. The summed E-state index contributed by atoms with van der Waals surface area (Å²) in [4.78, 5) is 12.1. The number of nitrogens with one attached hydrogen (secondary N) is 1. The van der Waals surface area contributed by atoms with Crippen molar-refractivity contribution >= 4 is 12.0 Å². The molecule has 3 rings (SSSR count). The van der Waals surface area contributed by atoms with Crippen molar-refractivity contribution in [2.75, 3.05) is 13.2 Å². The van der Waals surface area contributed by atoms with Crippen LogP contribution in [0.1, 0.15) is 30.9 Å². The van der Waals surface area contributed by atoms with Crippen LogP contribution in [0.4, 0.5) is 0 Å². The lowest BCUT2D eigenvalue weighted by Gasteiger charge is -2.10. The number of amides is 1. The zero-order valence-electron chi connectivity index (χ0n) is 13.2. The first-order chi connectivity index (χ1) is 11.2. The van der Waals surface area contributed by atoms with Crippen LogP contribution in [0.15, 0.2) is 23.8 Å². The van der Waals surface area contributed by atoms with Gasteiger partial charge >= 0.3 is 0 Å². The minimum Gasteiger partial charge on any atom is -0.490 e. The number of nitriles is 1. The molecule has 0 radical (unpaired) electrons. The standard InChI is InChI=1S/C18H20N2O3/c1-12-7-14-8-13(4-5-17(14)23-12)9-15(10-19)18(21)20-11-16-3-2-6-22-16/h4-5,8-9,12,16H,2-3,6-7,11H2,1H3,(H,20,21)/b15-9+/t12-,16+/m0/s1. The maximum atomic E-state index is 12.1. The van der Waals surface area contributed by atoms with Crippen molar-refractivity contribution in [2.45, 2.75) is 38.4 Å². The van der Waals surface area contributed by atoms with E-state index in [4.69, 9.17) is 9.47 Å². The SMILES string of the molecule is C[C@H]1Cc2cc(/C=C(\C#N)C(=O)NC[C@H]3CCCO3)ccc2O1. The van der Waals surface area contributed by atoms with E-state index in [-0.39, 0.29) is 23.7 Å². The quantitative estimate of drug-likeness (QED) is 0.683. The summed E-state index contributed by atoms with van der Waals surface area (Å²) in [5.41, 5.74) is 2.06. The first-order valence-electron chi connectivity index (χ1n) is 7.97. The van der Waals surface area contributed by atoms with Crippen molar-refractivity contribution in [3.8, 4) is 11.8 Å². The molecule has 1 aromatic carbocycles. The molecule has 2 aliphatic rings. The lowest BCUT2D eigenvalue weighted by Crippen LogP contribution is -2.32. The molecule has 0 spiro atoms. The highest BCUT2D eigenvalue weighted by Gasteiger charge is 2.20. The van der Waals surface area contributed by atoms with Crippen LogP contribution in [-0.4, -0.2) is 31.3 Å². The van der Waals surface area contributed by atoms with Gasteiger partial charge in [0, 0.05) is 19.6 Å². The number of rotatable bonds is 4. The molecule has 2 heterocycles. The number of benzene rings is 1. The number of nitrogens with zero attached hydrogens (tertiary/aromatic N) is 1. The van der Waals surface area contributed by atoms with Crippen LogP contribution in [0.2, 0.25) is 0 Å². The van der Waals surface area contributed by atoms with Gasteiger partial charge in [-0.1, -0.05) is 6.07 Å². The molecule has 1 N–H and O–H groups in total. The third kappa shape index (κ3) is 3.72. The second kappa shape index (κ2) is 6.84. The molecular weight excluding hydrogens is 292 g/mol. The average molecular weight is 312 g/mol. The molecule has 2 atom stereocenters. The van der Waals surface area contributed by atoms with Gasteiger partial charge in [-0.2, -0.15) is 5.26 Å². The Morgan fingerprint density at radius 3 is 3.13 bits per heavy atom. The van der Waals surface area contributed by atoms with Crippen molar-refractivity contribution in [1.82, 2.24) is 5.32 Å². The van der Waals surface area contributed by atoms with Gasteiger partial charge in [0.1, 0.15) is 23.5 Å². The summed E-state index contributed by atoms with van der Waals surface area (Å²) in [6.45, 7) is 3.22. The number of carbonyl (C=O) groups excluding carboxylic acids is 1. The molecule has 23 heavy (non-hydrogen) atoms. The Morgan fingerprint density at radius 2 is 2.39 bits per heavy atom. The number of hydrogen-bond acceptors (Lipinski definition) is 4. The zero-order chi connectivity index (χ0) is 16.2. The number of hydrogen-bond donors (Lipinski definition) is 1. The number of carbonyl (C=O) groups is 1. The molecule has 0 aromatic heterocycles. The fraction of sp³-hybridized carbons (Fsp3) is 0.444. The molecule has 5 nitrogen and oxygen atoms in total. The first kappa shape index (κ1) is 15.6. The summed E-state index contributed by atoms with van der Waals surface area (Å²) >= 11 is 0. The van der Waals surface area contributed by atoms with Crippen LogP contribution in [0.3, 0.4) is 0 Å². The highest BCUT2D eigenvalue weighted by atomic mass is 16.5. The van der Waals surface area contributed by atoms with Crippen molar-refractivity contribution in [1.29, 1.82) is 5.26 Å². The van der Waals surface area contributed by atoms with Gasteiger partial charge in [-0.25, -0.2) is 0 Å². The Hall–Kier alpha value is -2.32. The van der Waals surface area contributed by atoms with E-state index in [0.29, 0.717) is 6.54 Å².